The summed E-state index contributed by atoms with van der Waals surface area (Å²) in [5, 5.41) is 0. The van der Waals surface area contributed by atoms with Gasteiger partial charge in [0.1, 0.15) is 0 Å². The van der Waals surface area contributed by atoms with Crippen molar-refractivity contribution in [1.29, 1.82) is 0 Å². The molecule has 1 unspecified atom stereocenters. The molecule has 94 valence electrons. The van der Waals surface area contributed by atoms with Gasteiger partial charge in [0.15, 0.2) is 0 Å². The lowest BCUT2D eigenvalue weighted by Gasteiger charge is -2.28. The normalized spacial score (nSPS) is 16.9. The highest BCUT2D eigenvalue weighted by Gasteiger charge is 2.30. The second-order valence-corrected chi connectivity index (χ2v) is 5.13. The highest BCUT2D eigenvalue weighted by molar-refractivity contribution is 5.56. The molecule has 0 amide bonds. The van der Waals surface area contributed by atoms with E-state index < -0.39 is 0 Å². The minimum Gasteiger partial charge on any atom is -0.368 e. The number of nitrogens with two attached hydrogens (primary N) is 1. The Hall–Kier alpha value is -1.02. The van der Waals surface area contributed by atoms with Crippen LogP contribution in [0.4, 0.5) is 5.69 Å². The number of benzene rings is 1. The molecule has 1 aromatic carbocycles. The molecule has 17 heavy (non-hydrogen) atoms. The molecule has 1 aliphatic rings. The summed E-state index contributed by atoms with van der Waals surface area (Å²) >= 11 is 0. The van der Waals surface area contributed by atoms with Gasteiger partial charge < -0.3 is 10.6 Å². The number of unbranched alkanes of at least 4 members (excludes halogenated alkanes) is 1. The van der Waals surface area contributed by atoms with E-state index in [1.807, 2.05) is 0 Å². The summed E-state index contributed by atoms with van der Waals surface area (Å²) in [5.74, 6) is 0. The van der Waals surface area contributed by atoms with Gasteiger partial charge in [0.05, 0.1) is 0 Å². The van der Waals surface area contributed by atoms with E-state index in [2.05, 4.69) is 43.0 Å². The summed E-state index contributed by atoms with van der Waals surface area (Å²) in [6, 6.07) is 9.50. The number of nitrogens with zero attached hydrogens (tertiary/aromatic N) is 1. The second kappa shape index (κ2) is 5.54. The van der Waals surface area contributed by atoms with Crippen LogP contribution in [0.15, 0.2) is 24.3 Å². The van der Waals surface area contributed by atoms with Crippen molar-refractivity contribution in [3.8, 4) is 0 Å². The molecule has 1 atom stereocenters. The quantitative estimate of drug-likeness (QED) is 0.813. The van der Waals surface area contributed by atoms with E-state index in [1.165, 1.54) is 43.5 Å². The summed E-state index contributed by atoms with van der Waals surface area (Å²) in [6.07, 6.45) is 5.21. The Morgan fingerprint density at radius 1 is 1.35 bits per heavy atom. The number of hydrogen-bond donors (Lipinski definition) is 1. The van der Waals surface area contributed by atoms with Gasteiger partial charge in [-0.15, -0.1) is 0 Å². The molecule has 2 rings (SSSR count). The van der Waals surface area contributed by atoms with Crippen LogP contribution in [0.1, 0.15) is 51.1 Å². The van der Waals surface area contributed by atoms with E-state index in [4.69, 9.17) is 5.73 Å². The van der Waals surface area contributed by atoms with Gasteiger partial charge in [-0.05, 0) is 37.8 Å². The van der Waals surface area contributed by atoms with E-state index >= 15 is 0 Å². The van der Waals surface area contributed by atoms with Crippen molar-refractivity contribution in [2.75, 3.05) is 11.4 Å². The van der Waals surface area contributed by atoms with Gasteiger partial charge in [0, 0.05) is 24.3 Å². The fourth-order valence-electron chi connectivity index (χ4n) is 2.35. The molecule has 1 saturated carbocycles. The monoisotopic (exact) mass is 232 g/mol. The Balaban J connectivity index is 2.22. The van der Waals surface area contributed by atoms with Crippen molar-refractivity contribution < 1.29 is 0 Å². The SMILES string of the molecule is CCCCN(c1ccccc1C(C)N)C1CC1. The summed E-state index contributed by atoms with van der Waals surface area (Å²) in [4.78, 5) is 2.57. The molecule has 1 aliphatic carbocycles. The van der Waals surface area contributed by atoms with Gasteiger partial charge >= 0.3 is 0 Å². The molecular formula is C15H24N2. The summed E-state index contributed by atoms with van der Waals surface area (Å²) < 4.78 is 0. The van der Waals surface area contributed by atoms with Crippen LogP contribution in [0.25, 0.3) is 0 Å². The average Bonchev–Trinajstić information content (AvgIpc) is 3.14. The zero-order chi connectivity index (χ0) is 12.3. The molecule has 0 heterocycles. The minimum atomic E-state index is 0.120. The van der Waals surface area contributed by atoms with Crippen LogP contribution in [0.2, 0.25) is 0 Å². The highest BCUT2D eigenvalue weighted by Crippen LogP contribution is 2.35. The van der Waals surface area contributed by atoms with E-state index in [9.17, 15) is 0 Å². The molecule has 2 nitrogen and oxygen atoms in total. The molecule has 0 spiro atoms. The first-order valence-electron chi connectivity index (χ1n) is 6.85. The summed E-state index contributed by atoms with van der Waals surface area (Å²) in [7, 11) is 0. The van der Waals surface area contributed by atoms with Gasteiger partial charge in [-0.25, -0.2) is 0 Å². The highest BCUT2D eigenvalue weighted by atomic mass is 15.2. The van der Waals surface area contributed by atoms with Crippen molar-refractivity contribution in [1.82, 2.24) is 0 Å². The standard InChI is InChI=1S/C15H24N2/c1-3-4-11-17(13-9-10-13)15-8-6-5-7-14(15)12(2)16/h5-8,12-13H,3-4,9-11,16H2,1-2H3. The van der Waals surface area contributed by atoms with Crippen LogP contribution >= 0.6 is 0 Å². The smallest absolute Gasteiger partial charge is 0.0417 e. The molecule has 0 bridgehead atoms. The lowest BCUT2D eigenvalue weighted by Crippen LogP contribution is -2.28. The van der Waals surface area contributed by atoms with E-state index in [-0.39, 0.29) is 6.04 Å². The number of anilines is 1. The first kappa shape index (κ1) is 12.4. The molecule has 0 aromatic heterocycles. The average molecular weight is 232 g/mol. The Labute approximate surface area is 105 Å². The van der Waals surface area contributed by atoms with Gasteiger partial charge in [-0.1, -0.05) is 31.5 Å². The van der Waals surface area contributed by atoms with Gasteiger partial charge in [-0.3, -0.25) is 0 Å². The van der Waals surface area contributed by atoms with Gasteiger partial charge in [-0.2, -0.15) is 0 Å². The summed E-state index contributed by atoms with van der Waals surface area (Å²) in [5.41, 5.74) is 8.72. The van der Waals surface area contributed by atoms with Crippen LogP contribution < -0.4 is 10.6 Å². The Morgan fingerprint density at radius 2 is 2.06 bits per heavy atom. The maximum absolute atomic E-state index is 6.07. The number of rotatable bonds is 6. The Kier molecular flexibility index (Phi) is 4.06. The molecule has 0 saturated heterocycles. The number of para-hydroxylation sites is 1. The molecule has 0 radical (unpaired) electrons. The van der Waals surface area contributed by atoms with Crippen LogP contribution in [-0.2, 0) is 0 Å². The zero-order valence-electron chi connectivity index (χ0n) is 11.0. The Morgan fingerprint density at radius 3 is 2.65 bits per heavy atom. The fraction of sp³-hybridized carbons (Fsp3) is 0.600. The van der Waals surface area contributed by atoms with E-state index in [0.717, 1.165) is 6.04 Å². The van der Waals surface area contributed by atoms with Crippen molar-refractivity contribution in [2.24, 2.45) is 5.73 Å². The van der Waals surface area contributed by atoms with E-state index in [0.29, 0.717) is 0 Å². The van der Waals surface area contributed by atoms with Gasteiger partial charge in [0.25, 0.3) is 0 Å². The Bertz CT molecular complexity index is 356. The lowest BCUT2D eigenvalue weighted by atomic mass is 10.1. The van der Waals surface area contributed by atoms with Crippen molar-refractivity contribution >= 4 is 5.69 Å². The molecule has 1 fully saturated rings. The van der Waals surface area contributed by atoms with Crippen LogP contribution in [-0.4, -0.2) is 12.6 Å². The fourth-order valence-corrected chi connectivity index (χ4v) is 2.35. The van der Waals surface area contributed by atoms with Crippen LogP contribution in [0.5, 0.6) is 0 Å². The third kappa shape index (κ3) is 3.01. The molecule has 1 aromatic rings. The number of hydrogen-bond acceptors (Lipinski definition) is 2. The lowest BCUT2D eigenvalue weighted by molar-refractivity contribution is 0.702. The van der Waals surface area contributed by atoms with Crippen LogP contribution in [0.3, 0.4) is 0 Å². The molecular weight excluding hydrogens is 208 g/mol. The molecule has 0 aliphatic heterocycles. The third-order valence-corrected chi connectivity index (χ3v) is 3.48. The maximum Gasteiger partial charge on any atom is 0.0417 e. The first-order valence-corrected chi connectivity index (χ1v) is 6.85. The summed E-state index contributed by atoms with van der Waals surface area (Å²) in [6.45, 7) is 5.50. The maximum atomic E-state index is 6.07. The van der Waals surface area contributed by atoms with Crippen molar-refractivity contribution in [2.45, 2.75) is 51.6 Å². The van der Waals surface area contributed by atoms with Crippen LogP contribution in [0, 0.1) is 0 Å². The minimum absolute atomic E-state index is 0.120. The third-order valence-electron chi connectivity index (χ3n) is 3.48. The van der Waals surface area contributed by atoms with Crippen molar-refractivity contribution in [3.63, 3.8) is 0 Å². The first-order chi connectivity index (χ1) is 8.24. The van der Waals surface area contributed by atoms with E-state index in [1.54, 1.807) is 0 Å². The van der Waals surface area contributed by atoms with Gasteiger partial charge in [0.2, 0.25) is 0 Å². The van der Waals surface area contributed by atoms with Crippen molar-refractivity contribution in [3.05, 3.63) is 29.8 Å². The second-order valence-electron chi connectivity index (χ2n) is 5.13. The zero-order valence-corrected chi connectivity index (χ0v) is 11.0. The molecule has 2 heteroatoms. The topological polar surface area (TPSA) is 29.3 Å². The molecule has 2 N–H and O–H groups in total. The predicted octanol–water partition coefficient (Wildman–Crippen LogP) is 3.48. The largest absolute Gasteiger partial charge is 0.368 e. The predicted molar refractivity (Wildman–Crippen MR) is 74.3 cm³/mol.